The highest BCUT2D eigenvalue weighted by molar-refractivity contribution is 7.99. The Morgan fingerprint density at radius 1 is 0.950 bits per heavy atom. The number of thioether (sulfide) groups is 1. The minimum Gasteiger partial charge on any atom is -0.314 e. The van der Waals surface area contributed by atoms with E-state index >= 15 is 0 Å². The Hall–Kier alpha value is 0.270. The molecule has 3 heteroatoms. The maximum absolute atomic E-state index is 4.08. The average molecular weight is 297 g/mol. The molecule has 0 aromatic heterocycles. The van der Waals surface area contributed by atoms with Crippen molar-refractivity contribution in [3.63, 3.8) is 0 Å². The SMILES string of the molecule is CSC1CCC(NC2CCCCC2C2CCCCN2)C1. The van der Waals surface area contributed by atoms with E-state index in [1.54, 1.807) is 0 Å². The molecule has 20 heavy (non-hydrogen) atoms. The van der Waals surface area contributed by atoms with Crippen LogP contribution in [0.1, 0.15) is 64.2 Å². The van der Waals surface area contributed by atoms with Crippen LogP contribution in [0.3, 0.4) is 0 Å². The van der Waals surface area contributed by atoms with Gasteiger partial charge in [-0.2, -0.15) is 11.8 Å². The van der Waals surface area contributed by atoms with Crippen molar-refractivity contribution in [3.05, 3.63) is 0 Å². The third-order valence-electron chi connectivity index (χ3n) is 5.85. The smallest absolute Gasteiger partial charge is 0.0113 e. The normalized spacial score (nSPS) is 42.8. The van der Waals surface area contributed by atoms with E-state index in [1.165, 1.54) is 70.8 Å². The van der Waals surface area contributed by atoms with Crippen molar-refractivity contribution in [2.75, 3.05) is 12.8 Å². The second-order valence-corrected chi connectivity index (χ2v) is 8.28. The topological polar surface area (TPSA) is 24.1 Å². The Kier molecular flexibility index (Phi) is 5.70. The third-order valence-corrected chi connectivity index (χ3v) is 6.95. The van der Waals surface area contributed by atoms with Crippen molar-refractivity contribution < 1.29 is 0 Å². The van der Waals surface area contributed by atoms with Crippen molar-refractivity contribution in [1.82, 2.24) is 10.6 Å². The molecule has 5 atom stereocenters. The van der Waals surface area contributed by atoms with Gasteiger partial charge in [-0.3, -0.25) is 0 Å². The molecule has 0 bridgehead atoms. The first-order valence-electron chi connectivity index (χ1n) is 8.89. The first kappa shape index (κ1) is 15.2. The molecule has 0 radical (unpaired) electrons. The Morgan fingerprint density at radius 2 is 1.80 bits per heavy atom. The highest BCUT2D eigenvalue weighted by Crippen LogP contribution is 2.33. The molecule has 0 amide bonds. The molecule has 1 heterocycles. The fourth-order valence-electron chi connectivity index (χ4n) is 4.70. The summed E-state index contributed by atoms with van der Waals surface area (Å²) in [6.07, 6.45) is 16.5. The van der Waals surface area contributed by atoms with Gasteiger partial charge in [0.05, 0.1) is 0 Å². The monoisotopic (exact) mass is 296 g/mol. The van der Waals surface area contributed by atoms with Gasteiger partial charge >= 0.3 is 0 Å². The molecule has 2 nitrogen and oxygen atoms in total. The molecular formula is C17H32N2S. The Morgan fingerprint density at radius 3 is 2.55 bits per heavy atom. The number of nitrogens with one attached hydrogen (secondary N) is 2. The average Bonchev–Trinajstić information content (AvgIpc) is 2.96. The van der Waals surface area contributed by atoms with Gasteiger partial charge in [0.25, 0.3) is 0 Å². The molecule has 2 N–H and O–H groups in total. The van der Waals surface area contributed by atoms with Gasteiger partial charge in [-0.25, -0.2) is 0 Å². The minimum absolute atomic E-state index is 0.796. The molecule has 0 spiro atoms. The molecule has 3 fully saturated rings. The first-order valence-corrected chi connectivity index (χ1v) is 10.2. The first-order chi connectivity index (χ1) is 9.86. The lowest BCUT2D eigenvalue weighted by Gasteiger charge is -2.41. The zero-order chi connectivity index (χ0) is 13.8. The molecule has 2 aliphatic carbocycles. The van der Waals surface area contributed by atoms with Crippen LogP contribution in [0.25, 0.3) is 0 Å². The molecule has 5 unspecified atom stereocenters. The van der Waals surface area contributed by atoms with E-state index in [0.717, 1.165) is 29.3 Å². The van der Waals surface area contributed by atoms with Gasteiger partial charge in [0.15, 0.2) is 0 Å². The number of hydrogen-bond acceptors (Lipinski definition) is 3. The van der Waals surface area contributed by atoms with Gasteiger partial charge in [0.2, 0.25) is 0 Å². The van der Waals surface area contributed by atoms with E-state index in [1.807, 2.05) is 0 Å². The highest BCUT2D eigenvalue weighted by Gasteiger charge is 2.35. The lowest BCUT2D eigenvalue weighted by atomic mass is 9.77. The predicted octanol–water partition coefficient (Wildman–Crippen LogP) is 3.56. The second-order valence-electron chi connectivity index (χ2n) is 7.15. The van der Waals surface area contributed by atoms with Crippen LogP contribution in [0.2, 0.25) is 0 Å². The van der Waals surface area contributed by atoms with E-state index in [4.69, 9.17) is 0 Å². The lowest BCUT2D eigenvalue weighted by Crippen LogP contribution is -2.52. The van der Waals surface area contributed by atoms with Gasteiger partial charge in [-0.15, -0.1) is 0 Å². The molecule has 0 aromatic rings. The van der Waals surface area contributed by atoms with Crippen LogP contribution in [0.4, 0.5) is 0 Å². The highest BCUT2D eigenvalue weighted by atomic mass is 32.2. The van der Waals surface area contributed by atoms with E-state index < -0.39 is 0 Å². The van der Waals surface area contributed by atoms with Crippen LogP contribution in [0.15, 0.2) is 0 Å². The fraction of sp³-hybridized carbons (Fsp3) is 1.00. The summed E-state index contributed by atoms with van der Waals surface area (Å²) in [6.45, 7) is 1.26. The van der Waals surface area contributed by atoms with Crippen LogP contribution in [0, 0.1) is 5.92 Å². The Labute approximate surface area is 129 Å². The molecule has 1 aliphatic heterocycles. The van der Waals surface area contributed by atoms with Crippen LogP contribution in [-0.2, 0) is 0 Å². The van der Waals surface area contributed by atoms with Gasteiger partial charge in [0.1, 0.15) is 0 Å². The summed E-state index contributed by atoms with van der Waals surface area (Å²) in [4.78, 5) is 0. The summed E-state index contributed by atoms with van der Waals surface area (Å²) in [7, 11) is 0. The maximum Gasteiger partial charge on any atom is 0.0113 e. The number of rotatable bonds is 4. The lowest BCUT2D eigenvalue weighted by molar-refractivity contribution is 0.172. The summed E-state index contributed by atoms with van der Waals surface area (Å²) in [5, 5.41) is 8.81. The van der Waals surface area contributed by atoms with Gasteiger partial charge in [-0.1, -0.05) is 19.3 Å². The molecule has 2 saturated carbocycles. The van der Waals surface area contributed by atoms with Crippen LogP contribution < -0.4 is 10.6 Å². The molecule has 3 aliphatic rings. The van der Waals surface area contributed by atoms with Crippen molar-refractivity contribution in [1.29, 1.82) is 0 Å². The summed E-state index contributed by atoms with van der Waals surface area (Å²) >= 11 is 2.07. The molecule has 1 saturated heterocycles. The number of piperidine rings is 1. The minimum atomic E-state index is 0.796. The molecule has 3 rings (SSSR count). The van der Waals surface area contributed by atoms with Crippen molar-refractivity contribution in [3.8, 4) is 0 Å². The van der Waals surface area contributed by atoms with E-state index in [2.05, 4.69) is 28.7 Å². The third kappa shape index (κ3) is 3.72. The van der Waals surface area contributed by atoms with E-state index in [9.17, 15) is 0 Å². The van der Waals surface area contributed by atoms with Crippen molar-refractivity contribution in [2.24, 2.45) is 5.92 Å². The Balaban J connectivity index is 1.55. The molecule has 116 valence electrons. The number of hydrogen-bond donors (Lipinski definition) is 2. The summed E-state index contributed by atoms with van der Waals surface area (Å²) in [6, 6.07) is 2.41. The summed E-state index contributed by atoms with van der Waals surface area (Å²) in [5.74, 6) is 0.900. The predicted molar refractivity (Wildman–Crippen MR) is 89.5 cm³/mol. The van der Waals surface area contributed by atoms with Crippen molar-refractivity contribution in [2.45, 2.75) is 87.6 Å². The van der Waals surface area contributed by atoms with E-state index in [0.29, 0.717) is 0 Å². The van der Waals surface area contributed by atoms with Gasteiger partial charge in [0, 0.05) is 23.4 Å². The fourth-order valence-corrected chi connectivity index (χ4v) is 5.50. The summed E-state index contributed by atoms with van der Waals surface area (Å²) in [5.41, 5.74) is 0. The molecular weight excluding hydrogens is 264 g/mol. The van der Waals surface area contributed by atoms with Gasteiger partial charge in [-0.05, 0) is 63.7 Å². The van der Waals surface area contributed by atoms with Crippen LogP contribution in [-0.4, -0.2) is 36.2 Å². The Bertz CT molecular complexity index is 291. The van der Waals surface area contributed by atoms with Crippen LogP contribution >= 0.6 is 11.8 Å². The van der Waals surface area contributed by atoms with Crippen molar-refractivity contribution >= 4 is 11.8 Å². The zero-order valence-corrected chi connectivity index (χ0v) is 13.9. The van der Waals surface area contributed by atoms with Gasteiger partial charge < -0.3 is 10.6 Å². The quantitative estimate of drug-likeness (QED) is 0.829. The van der Waals surface area contributed by atoms with Crippen LogP contribution in [0.5, 0.6) is 0 Å². The maximum atomic E-state index is 4.08. The largest absolute Gasteiger partial charge is 0.314 e. The standard InChI is InChI=1S/C17H32N2S/c1-20-14-10-9-13(12-14)19-17-8-3-2-6-15(17)16-7-4-5-11-18-16/h13-19H,2-12H2,1H3. The summed E-state index contributed by atoms with van der Waals surface area (Å²) < 4.78 is 0. The molecule has 0 aromatic carbocycles. The second kappa shape index (κ2) is 7.51. The zero-order valence-electron chi connectivity index (χ0n) is 13.1. The van der Waals surface area contributed by atoms with E-state index in [-0.39, 0.29) is 0 Å².